The molecule has 0 fully saturated rings. The molecule has 0 saturated heterocycles. The largest absolute Gasteiger partial charge is 0.493 e. The number of hydrogen-bond acceptors (Lipinski definition) is 6. The lowest BCUT2D eigenvalue weighted by Gasteiger charge is -2.16. The van der Waals surface area contributed by atoms with Crippen molar-refractivity contribution < 1.29 is 13.9 Å². The van der Waals surface area contributed by atoms with E-state index in [0.717, 1.165) is 15.4 Å². The maximum absolute atomic E-state index is 13.7. The van der Waals surface area contributed by atoms with Crippen LogP contribution in [0.25, 0.3) is 33.5 Å². The molecule has 0 unspecified atom stereocenters. The van der Waals surface area contributed by atoms with Crippen LogP contribution >= 0.6 is 71.0 Å². The lowest BCUT2D eigenvalue weighted by Crippen LogP contribution is -2.20. The molecule has 6 aromatic rings. The van der Waals surface area contributed by atoms with E-state index >= 15 is 0 Å². The van der Waals surface area contributed by atoms with Crippen molar-refractivity contribution in [3.63, 3.8) is 0 Å². The molecular weight excluding hydrogens is 789 g/mol. The van der Waals surface area contributed by atoms with Gasteiger partial charge in [0.15, 0.2) is 17.3 Å². The van der Waals surface area contributed by atoms with E-state index in [1.54, 1.807) is 42.5 Å². The minimum absolute atomic E-state index is 0.181. The smallest absolute Gasteiger partial charge is 0.282 e. The maximum atomic E-state index is 13.7. The number of ether oxygens (including phenoxy) is 2. The zero-order chi connectivity index (χ0) is 30.2. The minimum atomic E-state index is -0.347. The molecule has 0 aliphatic carbocycles. The standard InChI is InChI=1S/C31H18Br3Cl2N3O4/c1-41-25-12-18(27(33)28(34)29(25)42-15-16-6-8-20(35)13-22(16)36)14-37-39-30(38-23-5-3-2-4-21(23)31(39)40)26-11-17-10-19(32)7-9-24(17)43-26/h2-14H,15H2,1H3. The van der Waals surface area contributed by atoms with Crippen molar-refractivity contribution in [3.05, 3.63) is 118 Å². The number of fused-ring (bicyclic) bond motifs is 2. The zero-order valence-electron chi connectivity index (χ0n) is 22.1. The molecule has 0 amide bonds. The SMILES string of the molecule is COc1cc(C=Nn2c(-c3cc4cc(Br)ccc4o3)nc3ccccc3c2=O)c(Br)c(Br)c1OCc1ccc(Cl)cc1Cl. The normalized spacial score (nSPS) is 11.6. The third-order valence-electron chi connectivity index (χ3n) is 6.53. The molecule has 43 heavy (non-hydrogen) atoms. The minimum Gasteiger partial charge on any atom is -0.493 e. The predicted octanol–water partition coefficient (Wildman–Crippen LogP) is 9.87. The Bertz CT molecular complexity index is 2130. The van der Waals surface area contributed by atoms with Gasteiger partial charge in [0.2, 0.25) is 5.82 Å². The van der Waals surface area contributed by atoms with Gasteiger partial charge in [-0.2, -0.15) is 9.78 Å². The Labute approximate surface area is 280 Å². The number of nitrogens with zero attached hydrogens (tertiary/aromatic N) is 3. The second-order valence-electron chi connectivity index (χ2n) is 9.26. The monoisotopic (exact) mass is 803 g/mol. The van der Waals surface area contributed by atoms with Crippen molar-refractivity contribution in [2.45, 2.75) is 6.61 Å². The lowest BCUT2D eigenvalue weighted by molar-refractivity contribution is 0.282. The zero-order valence-corrected chi connectivity index (χ0v) is 28.3. The average Bonchev–Trinajstić information content (AvgIpc) is 3.42. The third kappa shape index (κ3) is 5.99. The van der Waals surface area contributed by atoms with Crippen LogP contribution in [0.1, 0.15) is 11.1 Å². The number of rotatable bonds is 7. The number of aromatic nitrogens is 2. The van der Waals surface area contributed by atoms with E-state index in [0.29, 0.717) is 58.3 Å². The topological polar surface area (TPSA) is 78.9 Å². The summed E-state index contributed by atoms with van der Waals surface area (Å²) in [6.07, 6.45) is 1.54. The number of para-hydroxylation sites is 1. The van der Waals surface area contributed by atoms with Gasteiger partial charge in [-0.25, -0.2) is 4.98 Å². The second-order valence-corrected chi connectivity index (χ2v) is 12.6. The summed E-state index contributed by atoms with van der Waals surface area (Å²) in [5, 5.41) is 6.89. The van der Waals surface area contributed by atoms with E-state index in [-0.39, 0.29) is 18.0 Å². The first kappa shape index (κ1) is 29.9. The van der Waals surface area contributed by atoms with Gasteiger partial charge in [-0.05, 0) is 86.5 Å². The van der Waals surface area contributed by atoms with E-state index in [1.165, 1.54) is 18.0 Å². The van der Waals surface area contributed by atoms with Crippen molar-refractivity contribution in [3.8, 4) is 23.1 Å². The van der Waals surface area contributed by atoms with Gasteiger partial charge in [0.1, 0.15) is 12.2 Å². The van der Waals surface area contributed by atoms with E-state index < -0.39 is 0 Å². The quantitative estimate of drug-likeness (QED) is 0.150. The Morgan fingerprint density at radius 3 is 2.60 bits per heavy atom. The summed E-state index contributed by atoms with van der Waals surface area (Å²) in [5.41, 5.74) is 2.21. The number of halogens is 5. The van der Waals surface area contributed by atoms with Crippen LogP contribution in [0, 0.1) is 0 Å². The van der Waals surface area contributed by atoms with E-state index in [4.69, 9.17) is 42.1 Å². The summed E-state index contributed by atoms with van der Waals surface area (Å²) in [5.74, 6) is 1.55. The molecule has 7 nitrogen and oxygen atoms in total. The molecule has 216 valence electrons. The summed E-state index contributed by atoms with van der Waals surface area (Å²) < 4.78 is 21.2. The molecule has 0 aliphatic heterocycles. The van der Waals surface area contributed by atoms with Gasteiger partial charge in [0.05, 0.1) is 28.7 Å². The Morgan fingerprint density at radius 1 is 1.00 bits per heavy atom. The average molecular weight is 807 g/mol. The van der Waals surface area contributed by atoms with Crippen molar-refractivity contribution in [1.82, 2.24) is 9.66 Å². The van der Waals surface area contributed by atoms with Crippen LogP contribution in [0.5, 0.6) is 11.5 Å². The fraction of sp³-hybridized carbons (Fsp3) is 0.0645. The molecule has 6 rings (SSSR count). The Balaban J connectivity index is 1.42. The van der Waals surface area contributed by atoms with Crippen LogP contribution in [0.2, 0.25) is 10.0 Å². The highest BCUT2D eigenvalue weighted by molar-refractivity contribution is 9.13. The van der Waals surface area contributed by atoms with Gasteiger partial charge in [0, 0.05) is 35.5 Å². The van der Waals surface area contributed by atoms with Crippen LogP contribution in [-0.2, 0) is 6.61 Å². The molecule has 12 heteroatoms. The van der Waals surface area contributed by atoms with E-state index in [2.05, 4.69) is 52.9 Å². The van der Waals surface area contributed by atoms with Gasteiger partial charge >= 0.3 is 0 Å². The summed E-state index contributed by atoms with van der Waals surface area (Å²) in [7, 11) is 1.54. The fourth-order valence-corrected chi connectivity index (χ4v) is 6.19. The van der Waals surface area contributed by atoms with Crippen molar-refractivity contribution in [2.75, 3.05) is 7.11 Å². The Hall–Kier alpha value is -3.15. The number of hydrogen-bond donors (Lipinski definition) is 0. The van der Waals surface area contributed by atoms with Crippen molar-refractivity contribution in [2.24, 2.45) is 5.10 Å². The predicted molar refractivity (Wildman–Crippen MR) is 181 cm³/mol. The van der Waals surface area contributed by atoms with Crippen molar-refractivity contribution >= 4 is 99.1 Å². The Kier molecular flexibility index (Phi) is 8.66. The molecule has 0 N–H and O–H groups in total. The second kappa shape index (κ2) is 12.5. The molecular formula is C31H18Br3Cl2N3O4. The summed E-state index contributed by atoms with van der Waals surface area (Å²) in [4.78, 5) is 18.4. The molecule has 0 bridgehead atoms. The molecule has 0 atom stereocenters. The molecule has 2 aromatic heterocycles. The highest BCUT2D eigenvalue weighted by Crippen LogP contribution is 2.43. The number of methoxy groups -OCH3 is 1. The highest BCUT2D eigenvalue weighted by Gasteiger charge is 2.19. The van der Waals surface area contributed by atoms with Crippen LogP contribution in [0.15, 0.2) is 101 Å². The fourth-order valence-electron chi connectivity index (χ4n) is 4.41. The van der Waals surface area contributed by atoms with Crippen LogP contribution in [-0.4, -0.2) is 23.0 Å². The molecule has 0 spiro atoms. The molecule has 4 aromatic carbocycles. The first-order chi connectivity index (χ1) is 20.7. The number of furan rings is 1. The molecule has 0 saturated carbocycles. The first-order valence-electron chi connectivity index (χ1n) is 12.6. The van der Waals surface area contributed by atoms with Gasteiger partial charge in [0.25, 0.3) is 5.56 Å². The Morgan fingerprint density at radius 2 is 1.81 bits per heavy atom. The summed E-state index contributed by atoms with van der Waals surface area (Å²) in [6.45, 7) is 0.181. The maximum Gasteiger partial charge on any atom is 0.282 e. The number of benzene rings is 4. The molecule has 0 aliphatic rings. The summed E-state index contributed by atoms with van der Waals surface area (Å²) in [6, 6.07) is 21.5. The van der Waals surface area contributed by atoms with E-state index in [9.17, 15) is 4.79 Å². The van der Waals surface area contributed by atoms with E-state index in [1.807, 2.05) is 30.3 Å². The van der Waals surface area contributed by atoms with Gasteiger partial charge in [-0.15, -0.1) is 0 Å². The third-order valence-corrected chi connectivity index (χ3v) is 9.75. The van der Waals surface area contributed by atoms with Gasteiger partial charge < -0.3 is 13.9 Å². The van der Waals surface area contributed by atoms with Crippen LogP contribution in [0.3, 0.4) is 0 Å². The highest BCUT2D eigenvalue weighted by atomic mass is 79.9. The van der Waals surface area contributed by atoms with Crippen LogP contribution < -0.4 is 15.0 Å². The lowest BCUT2D eigenvalue weighted by atomic mass is 10.2. The summed E-state index contributed by atoms with van der Waals surface area (Å²) >= 11 is 23.1. The molecule has 0 radical (unpaired) electrons. The molecule has 2 heterocycles. The van der Waals surface area contributed by atoms with Crippen LogP contribution in [0.4, 0.5) is 0 Å². The first-order valence-corrected chi connectivity index (χ1v) is 15.8. The van der Waals surface area contributed by atoms with Gasteiger partial charge in [-0.3, -0.25) is 4.79 Å². The van der Waals surface area contributed by atoms with Crippen molar-refractivity contribution in [1.29, 1.82) is 0 Å². The van der Waals surface area contributed by atoms with Gasteiger partial charge in [-0.1, -0.05) is 57.3 Å².